The van der Waals surface area contributed by atoms with E-state index in [1.165, 1.54) is 11.3 Å². The zero-order valence-corrected chi connectivity index (χ0v) is 15.7. The van der Waals surface area contributed by atoms with Gasteiger partial charge in [0.15, 0.2) is 5.65 Å². The second-order valence-corrected chi connectivity index (χ2v) is 7.77. The van der Waals surface area contributed by atoms with Crippen molar-refractivity contribution in [2.24, 2.45) is 0 Å². The molecule has 5 nitrogen and oxygen atoms in total. The molecule has 4 rings (SSSR count). The van der Waals surface area contributed by atoms with Gasteiger partial charge < -0.3 is 10.3 Å². The molecular weight excluding hydrogens is 368 g/mol. The molecule has 130 valence electrons. The first-order chi connectivity index (χ1) is 12.5. The van der Waals surface area contributed by atoms with Crippen molar-refractivity contribution in [3.8, 4) is 11.4 Å². The van der Waals surface area contributed by atoms with Crippen molar-refractivity contribution in [1.82, 2.24) is 15.0 Å². The molecule has 1 aromatic carbocycles. The van der Waals surface area contributed by atoms with E-state index >= 15 is 0 Å². The Bertz CT molecular complexity index is 1130. The highest BCUT2D eigenvalue weighted by Crippen LogP contribution is 2.27. The van der Waals surface area contributed by atoms with Crippen molar-refractivity contribution < 1.29 is 4.79 Å². The van der Waals surface area contributed by atoms with Crippen molar-refractivity contribution in [2.75, 3.05) is 5.32 Å². The summed E-state index contributed by atoms with van der Waals surface area (Å²) >= 11 is 7.15. The molecule has 2 N–H and O–H groups in total. The van der Waals surface area contributed by atoms with Crippen molar-refractivity contribution in [2.45, 2.75) is 13.8 Å². The van der Waals surface area contributed by atoms with Crippen LogP contribution in [0, 0.1) is 13.8 Å². The molecule has 7 heteroatoms. The third-order valence-electron chi connectivity index (χ3n) is 4.02. The summed E-state index contributed by atoms with van der Waals surface area (Å²) in [5, 5.41) is 2.91. The van der Waals surface area contributed by atoms with Gasteiger partial charge in [0.2, 0.25) is 0 Å². The van der Waals surface area contributed by atoms with Gasteiger partial charge in [-0.25, -0.2) is 9.97 Å². The van der Waals surface area contributed by atoms with Crippen LogP contribution in [0.25, 0.3) is 22.6 Å². The molecule has 0 saturated heterocycles. The normalized spacial score (nSPS) is 11.0. The van der Waals surface area contributed by atoms with Gasteiger partial charge >= 0.3 is 0 Å². The number of nitrogens with one attached hydrogen (secondary N) is 2. The first-order valence-corrected chi connectivity index (χ1v) is 9.19. The van der Waals surface area contributed by atoms with E-state index in [9.17, 15) is 4.79 Å². The summed E-state index contributed by atoms with van der Waals surface area (Å²) in [5.41, 5.74) is 5.31. The van der Waals surface area contributed by atoms with Crippen LogP contribution in [0.1, 0.15) is 20.8 Å². The monoisotopic (exact) mass is 382 g/mol. The third-order valence-corrected chi connectivity index (χ3v) is 5.25. The molecule has 0 bridgehead atoms. The lowest BCUT2D eigenvalue weighted by atomic mass is 10.1. The molecular formula is C19H15ClN4OS. The number of amides is 1. The zero-order chi connectivity index (χ0) is 18.3. The van der Waals surface area contributed by atoms with Gasteiger partial charge in [0, 0.05) is 17.4 Å². The SMILES string of the molecule is Cc1cnc2nc(-c3cc(NC(=O)c4ccc(Cl)s4)ccc3C)[nH]c2c1. The molecule has 4 aromatic rings. The van der Waals surface area contributed by atoms with Gasteiger partial charge in [-0.05, 0) is 55.3 Å². The standard InChI is InChI=1S/C19H15ClN4OS/c1-10-7-14-18(21-9-10)24-17(23-14)13-8-12(4-3-11(13)2)22-19(25)15-5-6-16(20)26-15/h3-9H,1-2H3,(H,22,25)(H,21,23,24). The van der Waals surface area contributed by atoms with Crippen LogP contribution in [0.4, 0.5) is 5.69 Å². The highest BCUT2D eigenvalue weighted by atomic mass is 35.5. The molecule has 0 aliphatic rings. The van der Waals surface area contributed by atoms with Crippen LogP contribution in [0.2, 0.25) is 4.34 Å². The maximum Gasteiger partial charge on any atom is 0.265 e. The number of nitrogens with zero attached hydrogens (tertiary/aromatic N) is 2. The van der Waals surface area contributed by atoms with Crippen LogP contribution in [-0.2, 0) is 0 Å². The first kappa shape index (κ1) is 16.8. The summed E-state index contributed by atoms with van der Waals surface area (Å²) in [4.78, 5) is 25.1. The molecule has 1 amide bonds. The predicted octanol–water partition coefficient (Wildman–Crippen LogP) is 5.21. The third kappa shape index (κ3) is 3.21. The van der Waals surface area contributed by atoms with E-state index in [0.717, 1.165) is 28.0 Å². The number of rotatable bonds is 3. The lowest BCUT2D eigenvalue weighted by Crippen LogP contribution is -2.10. The Balaban J connectivity index is 1.68. The van der Waals surface area contributed by atoms with E-state index in [2.05, 4.69) is 20.3 Å². The number of pyridine rings is 1. The topological polar surface area (TPSA) is 70.7 Å². The molecule has 0 spiro atoms. The van der Waals surface area contributed by atoms with Crippen LogP contribution in [0.3, 0.4) is 0 Å². The molecule has 0 aliphatic carbocycles. The lowest BCUT2D eigenvalue weighted by molar-refractivity contribution is 0.103. The number of carbonyl (C=O) groups is 1. The van der Waals surface area contributed by atoms with E-state index < -0.39 is 0 Å². The molecule has 3 heterocycles. The van der Waals surface area contributed by atoms with Gasteiger partial charge in [-0.2, -0.15) is 0 Å². The van der Waals surface area contributed by atoms with Crippen molar-refractivity contribution in [3.63, 3.8) is 0 Å². The summed E-state index contributed by atoms with van der Waals surface area (Å²) in [5.74, 6) is 0.546. The predicted molar refractivity (Wildman–Crippen MR) is 106 cm³/mol. The number of imidazole rings is 1. The molecule has 0 aliphatic heterocycles. The number of anilines is 1. The average Bonchev–Trinajstić information content (AvgIpc) is 3.22. The molecule has 0 saturated carbocycles. The fourth-order valence-corrected chi connectivity index (χ4v) is 3.65. The smallest absolute Gasteiger partial charge is 0.265 e. The van der Waals surface area contributed by atoms with Crippen molar-refractivity contribution in [1.29, 1.82) is 0 Å². The van der Waals surface area contributed by atoms with Crippen LogP contribution in [0.15, 0.2) is 42.6 Å². The Morgan fingerprint density at radius 3 is 2.81 bits per heavy atom. The summed E-state index contributed by atoms with van der Waals surface area (Å²) < 4.78 is 0.588. The highest BCUT2D eigenvalue weighted by molar-refractivity contribution is 7.18. The molecule has 0 radical (unpaired) electrons. The Morgan fingerprint density at radius 1 is 1.19 bits per heavy atom. The van der Waals surface area contributed by atoms with Gasteiger partial charge in [0.1, 0.15) is 5.82 Å². The molecule has 0 unspecified atom stereocenters. The summed E-state index contributed by atoms with van der Waals surface area (Å²) in [6.07, 6.45) is 1.79. The van der Waals surface area contributed by atoms with E-state index in [1.807, 2.05) is 38.1 Å². The minimum absolute atomic E-state index is 0.182. The van der Waals surface area contributed by atoms with E-state index in [0.29, 0.717) is 20.5 Å². The lowest BCUT2D eigenvalue weighted by Gasteiger charge is -2.08. The zero-order valence-electron chi connectivity index (χ0n) is 14.1. The number of benzene rings is 1. The number of aryl methyl sites for hydroxylation is 2. The Hall–Kier alpha value is -2.70. The number of fused-ring (bicyclic) bond motifs is 1. The van der Waals surface area contributed by atoms with Crippen LogP contribution in [-0.4, -0.2) is 20.9 Å². The maximum absolute atomic E-state index is 12.3. The van der Waals surface area contributed by atoms with Crippen LogP contribution >= 0.6 is 22.9 Å². The van der Waals surface area contributed by atoms with Gasteiger partial charge in [-0.3, -0.25) is 4.79 Å². The van der Waals surface area contributed by atoms with E-state index in [-0.39, 0.29) is 5.91 Å². The van der Waals surface area contributed by atoms with Gasteiger partial charge in [0.05, 0.1) is 14.7 Å². The number of hydrogen-bond donors (Lipinski definition) is 2. The first-order valence-electron chi connectivity index (χ1n) is 8.00. The number of carbonyl (C=O) groups excluding carboxylic acids is 1. The number of thiophene rings is 1. The Morgan fingerprint density at radius 2 is 2.04 bits per heavy atom. The minimum Gasteiger partial charge on any atom is -0.337 e. The second kappa shape index (κ2) is 6.55. The molecule has 26 heavy (non-hydrogen) atoms. The van der Waals surface area contributed by atoms with E-state index in [1.54, 1.807) is 18.3 Å². The van der Waals surface area contributed by atoms with Gasteiger partial charge in [0.25, 0.3) is 5.91 Å². The second-order valence-electron chi connectivity index (χ2n) is 6.06. The average molecular weight is 383 g/mol. The molecule has 0 fully saturated rings. The van der Waals surface area contributed by atoms with Crippen LogP contribution in [0.5, 0.6) is 0 Å². The Kier molecular flexibility index (Phi) is 4.22. The largest absolute Gasteiger partial charge is 0.337 e. The molecule has 3 aromatic heterocycles. The number of hydrogen-bond acceptors (Lipinski definition) is 4. The number of halogens is 1. The van der Waals surface area contributed by atoms with Crippen LogP contribution < -0.4 is 5.32 Å². The quantitative estimate of drug-likeness (QED) is 0.511. The highest BCUT2D eigenvalue weighted by Gasteiger charge is 2.13. The number of aromatic amines is 1. The fourth-order valence-electron chi connectivity index (χ4n) is 2.72. The fraction of sp³-hybridized carbons (Fsp3) is 0.105. The number of aromatic nitrogens is 3. The summed E-state index contributed by atoms with van der Waals surface area (Å²) in [6.45, 7) is 4.00. The van der Waals surface area contributed by atoms with Gasteiger partial charge in [-0.15, -0.1) is 11.3 Å². The maximum atomic E-state index is 12.3. The summed E-state index contributed by atoms with van der Waals surface area (Å²) in [7, 11) is 0. The van der Waals surface area contributed by atoms with Crippen molar-refractivity contribution in [3.05, 3.63) is 62.9 Å². The Labute approximate surface area is 159 Å². The van der Waals surface area contributed by atoms with Crippen molar-refractivity contribution >= 4 is 45.7 Å². The van der Waals surface area contributed by atoms with Gasteiger partial charge in [-0.1, -0.05) is 17.7 Å². The number of H-pyrrole nitrogens is 1. The van der Waals surface area contributed by atoms with E-state index in [4.69, 9.17) is 11.6 Å². The summed E-state index contributed by atoms with van der Waals surface area (Å²) in [6, 6.07) is 11.2. The molecule has 0 atom stereocenters. The minimum atomic E-state index is -0.182.